The first-order valence-corrected chi connectivity index (χ1v) is 8.05. The fourth-order valence-corrected chi connectivity index (χ4v) is 2.37. The van der Waals surface area contributed by atoms with Crippen molar-refractivity contribution in [2.45, 2.75) is 26.4 Å². The normalized spacial score (nSPS) is 9.00. The molecule has 0 aromatic carbocycles. The van der Waals surface area contributed by atoms with E-state index in [0.717, 1.165) is 6.42 Å². The van der Waals surface area contributed by atoms with Crippen LogP contribution in [0.25, 0.3) is 0 Å². The van der Waals surface area contributed by atoms with Gasteiger partial charge in [0.1, 0.15) is 0 Å². The predicted molar refractivity (Wildman–Crippen MR) is 74.5 cm³/mol. The Hall–Kier alpha value is 0.977. The van der Waals surface area contributed by atoms with Crippen LogP contribution in [0.15, 0.2) is 18.2 Å². The summed E-state index contributed by atoms with van der Waals surface area (Å²) in [6.45, 7) is 12.2. The Morgan fingerprint density at radius 2 is 1.72 bits per heavy atom. The van der Waals surface area contributed by atoms with Crippen molar-refractivity contribution >= 4 is 14.7 Å². The molecule has 0 saturated carbocycles. The molecular weight excluding hydrogens is 407 g/mol. The van der Waals surface area contributed by atoms with Crippen molar-refractivity contribution in [2.24, 2.45) is 0 Å². The zero-order valence-electron chi connectivity index (χ0n) is 11.5. The van der Waals surface area contributed by atoms with Crippen LogP contribution in [0, 0.1) is 5.92 Å². The maximum Gasteiger partial charge on any atom is 0 e. The van der Waals surface area contributed by atoms with E-state index in [1.807, 2.05) is 0 Å². The molecule has 0 spiro atoms. The second-order valence-electron chi connectivity index (χ2n) is 4.39. The molecule has 0 amide bonds. The van der Waals surface area contributed by atoms with Crippen LogP contribution in [0.5, 0.6) is 0 Å². The molecule has 0 atom stereocenters. The van der Waals surface area contributed by atoms with Crippen LogP contribution in [0.3, 0.4) is 0 Å². The smallest absolute Gasteiger partial charge is 0 e. The Bertz CT molecular complexity index is 286. The minimum absolute atomic E-state index is 0. The molecule has 0 aliphatic rings. The minimum atomic E-state index is -0.201. The van der Waals surface area contributed by atoms with Crippen molar-refractivity contribution in [3.05, 3.63) is 35.5 Å². The molecule has 1 heterocycles. The molecule has 0 bridgehead atoms. The van der Waals surface area contributed by atoms with E-state index < -0.39 is 0 Å². The zero-order chi connectivity index (χ0) is 12.6. The summed E-state index contributed by atoms with van der Waals surface area (Å²) in [6.07, 6.45) is 2.20. The molecule has 18 heavy (non-hydrogen) atoms. The molecule has 1 radical (unpaired) electrons. The van der Waals surface area contributed by atoms with E-state index in [4.69, 9.17) is 4.79 Å². The molecule has 2 nitrogen and oxygen atoms in total. The Labute approximate surface area is 151 Å². The summed E-state index contributed by atoms with van der Waals surface area (Å²) >= 11 is 0. The Morgan fingerprint density at radius 1 is 1.22 bits per heavy atom. The van der Waals surface area contributed by atoms with Crippen molar-refractivity contribution in [2.75, 3.05) is 13.3 Å². The second kappa shape index (κ2) is 14.4. The molecule has 1 rings (SSSR count). The number of hydrogen-bond donors (Lipinski definition) is 0. The topological polar surface area (TPSA) is 30.0 Å². The molecule has 0 saturated heterocycles. The van der Waals surface area contributed by atoms with Gasteiger partial charge in [-0.25, -0.2) is 0 Å². The third-order valence-electron chi connectivity index (χ3n) is 1.93. The van der Waals surface area contributed by atoms with Crippen LogP contribution < -0.4 is 0 Å². The number of hydrogen-bond acceptors (Lipinski definition) is 2. The van der Waals surface area contributed by atoms with E-state index in [0.29, 0.717) is 0 Å². The van der Waals surface area contributed by atoms with Crippen molar-refractivity contribution in [1.82, 2.24) is 4.98 Å². The summed E-state index contributed by atoms with van der Waals surface area (Å²) in [6, 6.07) is 6.39. The summed E-state index contributed by atoms with van der Waals surface area (Å²) in [4.78, 5) is 12.4. The van der Waals surface area contributed by atoms with Gasteiger partial charge in [-0.2, -0.15) is 13.8 Å². The molecule has 5 heteroatoms. The quantitative estimate of drug-likeness (QED) is 0.319. The summed E-state index contributed by atoms with van der Waals surface area (Å²) in [5, 5.41) is 0. The van der Waals surface area contributed by atoms with Crippen LogP contribution in [0.1, 0.15) is 25.2 Å². The van der Waals surface area contributed by atoms with Gasteiger partial charge in [0.05, 0.1) is 11.9 Å². The molecule has 0 fully saturated rings. The largest absolute Gasteiger partial charge is 0 e. The Morgan fingerprint density at radius 3 is 2.17 bits per heavy atom. The molecule has 1 aromatic rings. The average molecular weight is 429 g/mol. The first kappa shape index (κ1) is 24.0. The van der Waals surface area contributed by atoms with Crippen molar-refractivity contribution in [3.63, 3.8) is 0 Å². The van der Waals surface area contributed by atoms with Crippen molar-refractivity contribution in [1.29, 1.82) is 0 Å². The Kier molecular flexibility index (Phi) is 19.2. The van der Waals surface area contributed by atoms with Gasteiger partial charge in [-0.1, -0.05) is 6.07 Å². The van der Waals surface area contributed by atoms with Crippen molar-refractivity contribution < 1.29 is 57.0 Å². The first-order valence-electron chi connectivity index (χ1n) is 5.34. The van der Waals surface area contributed by atoms with Gasteiger partial charge in [-0.15, -0.1) is 6.42 Å². The van der Waals surface area contributed by atoms with Gasteiger partial charge in [0, 0.05) is 59.7 Å². The summed E-state index contributed by atoms with van der Waals surface area (Å²) in [7, 11) is -0.201. The van der Waals surface area contributed by atoms with Crippen LogP contribution in [0.2, 0.25) is 0 Å². The standard InChI is InChI=1S/C12H19NP.CHO.Ru.Y.H/c1-10(2)8-11-6-5-7-12(13-11)9-14(3)4;1-2;;;/h5-7H,8-9H2,1-4H3;1H;;;/q2*-1;+2;;/p+1. The van der Waals surface area contributed by atoms with Gasteiger partial charge < -0.3 is 10.7 Å². The number of pyridine rings is 1. The number of rotatable bonds is 4. The maximum absolute atomic E-state index is 7.75. The van der Waals surface area contributed by atoms with E-state index in [1.54, 1.807) is 0 Å². The van der Waals surface area contributed by atoms with Crippen LogP contribution in [-0.4, -0.2) is 25.1 Å². The van der Waals surface area contributed by atoms with E-state index in [-0.39, 0.29) is 60.1 Å². The van der Waals surface area contributed by atoms with Gasteiger partial charge in [0.15, 0.2) is 0 Å². The van der Waals surface area contributed by atoms with Crippen LogP contribution in [0.4, 0.5) is 0 Å². The van der Waals surface area contributed by atoms with Gasteiger partial charge in [-0.3, -0.25) is 11.8 Å². The average Bonchev–Trinajstić information content (AvgIpc) is 2.19. The van der Waals surface area contributed by atoms with E-state index in [2.05, 4.69) is 57.1 Å². The van der Waals surface area contributed by atoms with Gasteiger partial charge >= 0.3 is 19.5 Å². The zero-order valence-corrected chi connectivity index (χ0v) is 17.2. The SMILES string of the molecule is C[C-](C)Cc1cccc(C[PH+](C)C)n1.[CH-]=O.[RuH+2].[Y]. The van der Waals surface area contributed by atoms with E-state index >= 15 is 0 Å². The molecule has 0 aliphatic carbocycles. The third-order valence-corrected chi connectivity index (χ3v) is 3.00. The second-order valence-corrected chi connectivity index (χ2v) is 7.16. The van der Waals surface area contributed by atoms with Crippen molar-refractivity contribution in [3.8, 4) is 0 Å². The summed E-state index contributed by atoms with van der Waals surface area (Å²) in [5.41, 5.74) is 2.48. The molecule has 1 aromatic heterocycles. The van der Waals surface area contributed by atoms with Gasteiger partial charge in [0.25, 0.3) is 0 Å². The van der Waals surface area contributed by atoms with Crippen LogP contribution in [-0.2, 0) is 69.6 Å². The third kappa shape index (κ3) is 12.0. The minimum Gasteiger partial charge on any atom is 0 e. The fourth-order valence-electron chi connectivity index (χ4n) is 1.45. The van der Waals surface area contributed by atoms with Crippen LogP contribution >= 0.6 is 7.92 Å². The van der Waals surface area contributed by atoms with E-state index in [1.165, 1.54) is 23.5 Å². The number of aromatic nitrogens is 1. The Balaban J connectivity index is -0.000000534. The number of carbonyl (C=O) groups excluding carboxylic acids is 1. The molecular formula is C13H22NOPRuY+. The maximum atomic E-state index is 7.75. The van der Waals surface area contributed by atoms with Gasteiger partial charge in [-0.05, 0) is 12.1 Å². The fraction of sp³-hybridized carbons (Fsp3) is 0.462. The van der Waals surface area contributed by atoms with E-state index in [9.17, 15) is 0 Å². The summed E-state index contributed by atoms with van der Waals surface area (Å²) < 4.78 is 0. The molecule has 0 N–H and O–H groups in total. The first-order chi connectivity index (χ1) is 7.58. The molecule has 100 valence electrons. The molecule has 0 aliphatic heterocycles. The number of nitrogens with zero attached hydrogens (tertiary/aromatic N) is 1. The molecule has 0 unspecified atom stereocenters. The van der Waals surface area contributed by atoms with Gasteiger partial charge in [0.2, 0.25) is 0 Å². The monoisotopic (exact) mass is 430 g/mol. The predicted octanol–water partition coefficient (Wildman–Crippen LogP) is 2.67. The summed E-state index contributed by atoms with van der Waals surface area (Å²) in [5.74, 6) is 1.42.